The normalized spacial score (nSPS) is 10.9. The first-order valence-corrected chi connectivity index (χ1v) is 6.86. The maximum absolute atomic E-state index is 13.9. The molecular formula is C14H14BrFN2O2. The number of rotatable bonds is 4. The molecule has 1 heterocycles. The molecule has 0 unspecified atom stereocenters. The van der Waals surface area contributed by atoms with Crippen LogP contribution in [0.15, 0.2) is 28.9 Å². The molecule has 0 aliphatic heterocycles. The lowest BCUT2D eigenvalue weighted by Gasteiger charge is -2.12. The van der Waals surface area contributed by atoms with E-state index in [1.807, 2.05) is 13.8 Å². The Kier molecular flexibility index (Phi) is 4.23. The van der Waals surface area contributed by atoms with Crippen LogP contribution in [0.3, 0.4) is 0 Å². The minimum absolute atomic E-state index is 0.0202. The monoisotopic (exact) mass is 340 g/mol. The largest absolute Gasteiger partial charge is 0.493 e. The summed E-state index contributed by atoms with van der Waals surface area (Å²) in [7, 11) is 1.45. The molecule has 0 saturated heterocycles. The van der Waals surface area contributed by atoms with E-state index in [-0.39, 0.29) is 17.3 Å². The van der Waals surface area contributed by atoms with Gasteiger partial charge in [-0.25, -0.2) is 4.39 Å². The second kappa shape index (κ2) is 5.75. The Balaban J connectivity index is 2.62. The Morgan fingerprint density at radius 1 is 1.45 bits per heavy atom. The minimum atomic E-state index is -0.581. The quantitative estimate of drug-likeness (QED) is 0.798. The van der Waals surface area contributed by atoms with Gasteiger partial charge in [0.2, 0.25) is 5.78 Å². The molecule has 2 aromatic rings. The molecule has 20 heavy (non-hydrogen) atoms. The summed E-state index contributed by atoms with van der Waals surface area (Å²) in [5.41, 5.74) is 0.224. The van der Waals surface area contributed by atoms with Crippen LogP contribution in [0, 0.1) is 5.82 Å². The van der Waals surface area contributed by atoms with Crippen molar-refractivity contribution in [3.63, 3.8) is 0 Å². The van der Waals surface area contributed by atoms with Crippen molar-refractivity contribution in [3.8, 4) is 5.75 Å². The van der Waals surface area contributed by atoms with Gasteiger partial charge in [0, 0.05) is 10.5 Å². The fraction of sp³-hybridized carbons (Fsp3) is 0.286. The number of nitrogens with zero attached hydrogens (tertiary/aromatic N) is 2. The molecule has 0 atom stereocenters. The predicted octanol–water partition coefficient (Wildman–Crippen LogP) is 3.61. The van der Waals surface area contributed by atoms with Crippen LogP contribution in [-0.2, 0) is 0 Å². The van der Waals surface area contributed by atoms with Gasteiger partial charge in [0.15, 0.2) is 11.4 Å². The number of carbonyl (C=O) groups excluding carboxylic acids is 1. The molecule has 0 radical (unpaired) electrons. The van der Waals surface area contributed by atoms with Gasteiger partial charge in [-0.1, -0.05) is 6.07 Å². The minimum Gasteiger partial charge on any atom is -0.493 e. The fourth-order valence-electron chi connectivity index (χ4n) is 1.94. The molecule has 0 fully saturated rings. The summed E-state index contributed by atoms with van der Waals surface area (Å²) in [5.74, 6) is -0.709. The number of ketones is 1. The van der Waals surface area contributed by atoms with Crippen LogP contribution in [0.5, 0.6) is 5.75 Å². The summed E-state index contributed by atoms with van der Waals surface area (Å²) in [5, 5.41) is 4.13. The number of benzene rings is 1. The summed E-state index contributed by atoms with van der Waals surface area (Å²) in [6.07, 6.45) is 1.46. The maximum atomic E-state index is 13.9. The Morgan fingerprint density at radius 3 is 2.70 bits per heavy atom. The van der Waals surface area contributed by atoms with Gasteiger partial charge >= 0.3 is 0 Å². The molecule has 2 rings (SSSR count). The van der Waals surface area contributed by atoms with Crippen molar-refractivity contribution in [2.24, 2.45) is 0 Å². The van der Waals surface area contributed by atoms with Gasteiger partial charge in [-0.3, -0.25) is 9.48 Å². The molecule has 4 nitrogen and oxygen atoms in total. The van der Waals surface area contributed by atoms with Crippen LogP contribution < -0.4 is 4.74 Å². The van der Waals surface area contributed by atoms with Crippen LogP contribution >= 0.6 is 15.9 Å². The zero-order chi connectivity index (χ0) is 14.9. The molecule has 0 bridgehead atoms. The molecule has 1 aromatic carbocycles. The van der Waals surface area contributed by atoms with Crippen LogP contribution in [0.2, 0.25) is 0 Å². The van der Waals surface area contributed by atoms with Gasteiger partial charge in [0.25, 0.3) is 0 Å². The van der Waals surface area contributed by atoms with Crippen molar-refractivity contribution >= 4 is 21.7 Å². The van der Waals surface area contributed by atoms with Crippen molar-refractivity contribution in [2.45, 2.75) is 19.9 Å². The third-order valence-corrected chi connectivity index (χ3v) is 3.54. The fourth-order valence-corrected chi connectivity index (χ4v) is 2.46. The summed E-state index contributed by atoms with van der Waals surface area (Å²) in [6.45, 7) is 3.78. The van der Waals surface area contributed by atoms with Crippen LogP contribution in [0.1, 0.15) is 35.9 Å². The lowest BCUT2D eigenvalue weighted by molar-refractivity contribution is 0.101. The number of ether oxygens (including phenoxy) is 1. The van der Waals surface area contributed by atoms with E-state index in [1.54, 1.807) is 6.07 Å². The van der Waals surface area contributed by atoms with E-state index in [9.17, 15) is 9.18 Å². The van der Waals surface area contributed by atoms with E-state index in [0.717, 1.165) is 0 Å². The van der Waals surface area contributed by atoms with Gasteiger partial charge in [-0.05, 0) is 41.9 Å². The second-order valence-electron chi connectivity index (χ2n) is 4.53. The standard InChI is InChI=1S/C14H14BrFN2O2/c1-8(2)18-13(11(20-3)7-17-18)14(19)12-9(15)5-4-6-10(12)16/h4-8H,1-3H3. The number of hydrogen-bond donors (Lipinski definition) is 0. The predicted molar refractivity (Wildman–Crippen MR) is 76.7 cm³/mol. The Bertz CT molecular complexity index is 632. The molecular weight excluding hydrogens is 327 g/mol. The highest BCUT2D eigenvalue weighted by Crippen LogP contribution is 2.28. The Morgan fingerprint density at radius 2 is 2.15 bits per heavy atom. The van der Waals surface area contributed by atoms with Gasteiger partial charge in [0.1, 0.15) is 5.82 Å². The number of halogens is 2. The summed E-state index contributed by atoms with van der Waals surface area (Å²) in [4.78, 5) is 12.6. The zero-order valence-corrected chi connectivity index (χ0v) is 12.9. The molecule has 1 aromatic heterocycles. The summed E-state index contributed by atoms with van der Waals surface area (Å²) < 4.78 is 21.0. The number of carbonyl (C=O) groups is 1. The Hall–Kier alpha value is -1.69. The first kappa shape index (κ1) is 14.7. The van der Waals surface area contributed by atoms with Crippen molar-refractivity contribution in [2.75, 3.05) is 7.11 Å². The van der Waals surface area contributed by atoms with E-state index in [4.69, 9.17) is 4.74 Å². The SMILES string of the molecule is COc1cnn(C(C)C)c1C(=O)c1c(F)cccc1Br. The van der Waals surface area contributed by atoms with E-state index in [2.05, 4.69) is 21.0 Å². The first-order valence-electron chi connectivity index (χ1n) is 6.07. The van der Waals surface area contributed by atoms with E-state index in [0.29, 0.717) is 10.2 Å². The first-order chi connectivity index (χ1) is 9.47. The number of hydrogen-bond acceptors (Lipinski definition) is 3. The lowest BCUT2D eigenvalue weighted by Crippen LogP contribution is -2.16. The highest BCUT2D eigenvalue weighted by Gasteiger charge is 2.26. The van der Waals surface area contributed by atoms with E-state index >= 15 is 0 Å². The summed E-state index contributed by atoms with van der Waals surface area (Å²) in [6, 6.07) is 4.37. The van der Waals surface area contributed by atoms with Crippen molar-refractivity contribution < 1.29 is 13.9 Å². The average molecular weight is 341 g/mol. The molecule has 0 saturated carbocycles. The average Bonchev–Trinajstić information content (AvgIpc) is 2.82. The highest BCUT2D eigenvalue weighted by molar-refractivity contribution is 9.10. The van der Waals surface area contributed by atoms with Crippen molar-refractivity contribution in [3.05, 3.63) is 45.9 Å². The third-order valence-electron chi connectivity index (χ3n) is 2.88. The van der Waals surface area contributed by atoms with E-state index in [1.165, 1.54) is 30.1 Å². The van der Waals surface area contributed by atoms with Crippen LogP contribution in [0.4, 0.5) is 4.39 Å². The molecule has 0 spiro atoms. The number of aromatic nitrogens is 2. The molecule has 0 amide bonds. The second-order valence-corrected chi connectivity index (χ2v) is 5.38. The molecule has 0 N–H and O–H groups in total. The topological polar surface area (TPSA) is 44.1 Å². The van der Waals surface area contributed by atoms with Gasteiger partial charge in [-0.2, -0.15) is 5.10 Å². The third kappa shape index (κ3) is 2.47. The molecule has 0 aliphatic carbocycles. The van der Waals surface area contributed by atoms with Crippen LogP contribution in [-0.4, -0.2) is 22.7 Å². The molecule has 106 valence electrons. The Labute approximate surface area is 124 Å². The highest BCUT2D eigenvalue weighted by atomic mass is 79.9. The smallest absolute Gasteiger partial charge is 0.218 e. The van der Waals surface area contributed by atoms with Gasteiger partial charge in [0.05, 0.1) is 18.9 Å². The van der Waals surface area contributed by atoms with Gasteiger partial charge < -0.3 is 4.74 Å². The summed E-state index contributed by atoms with van der Waals surface area (Å²) >= 11 is 3.21. The van der Waals surface area contributed by atoms with E-state index < -0.39 is 11.6 Å². The zero-order valence-electron chi connectivity index (χ0n) is 11.4. The lowest BCUT2D eigenvalue weighted by atomic mass is 10.1. The number of methoxy groups -OCH3 is 1. The van der Waals surface area contributed by atoms with Crippen LogP contribution in [0.25, 0.3) is 0 Å². The maximum Gasteiger partial charge on any atom is 0.218 e. The molecule has 0 aliphatic rings. The van der Waals surface area contributed by atoms with Gasteiger partial charge in [-0.15, -0.1) is 0 Å². The van der Waals surface area contributed by atoms with Crippen molar-refractivity contribution in [1.82, 2.24) is 9.78 Å². The van der Waals surface area contributed by atoms with Crippen molar-refractivity contribution in [1.29, 1.82) is 0 Å². The molecule has 6 heteroatoms.